The van der Waals surface area contributed by atoms with Gasteiger partial charge in [-0.2, -0.15) is 0 Å². The van der Waals surface area contributed by atoms with Crippen LogP contribution in [0.25, 0.3) is 21.1 Å². The molecule has 18 heavy (non-hydrogen) atoms. The first-order valence-corrected chi connectivity index (χ1v) is 6.86. The van der Waals surface area contributed by atoms with Crippen LogP contribution in [0, 0.1) is 5.82 Å². The van der Waals surface area contributed by atoms with E-state index in [4.69, 9.17) is 5.73 Å². The fourth-order valence-electron chi connectivity index (χ4n) is 1.65. The number of hydrogen-bond donors (Lipinski definition) is 1. The number of anilines is 1. The van der Waals surface area contributed by atoms with Gasteiger partial charge >= 0.3 is 0 Å². The lowest BCUT2D eigenvalue weighted by atomic mass is 10.1. The Labute approximate surface area is 111 Å². The highest BCUT2D eigenvalue weighted by atomic mass is 32.1. The van der Waals surface area contributed by atoms with Gasteiger partial charge < -0.3 is 5.73 Å². The van der Waals surface area contributed by atoms with Gasteiger partial charge in [0.2, 0.25) is 0 Å². The van der Waals surface area contributed by atoms with E-state index in [-0.39, 0.29) is 5.82 Å². The molecule has 1 aromatic carbocycles. The standard InChI is InChI=1S/C12H8FN3S2/c13-8-3-1-2-7(6-8)10-9(16-12(14)18-10)11-15-4-5-17-11/h1-6H,(H2,14,16). The molecule has 0 radical (unpaired) electrons. The van der Waals surface area contributed by atoms with Gasteiger partial charge in [0, 0.05) is 11.6 Å². The van der Waals surface area contributed by atoms with Crippen LogP contribution in [0.1, 0.15) is 0 Å². The Hall–Kier alpha value is -1.79. The third-order valence-electron chi connectivity index (χ3n) is 2.37. The number of nitrogens with two attached hydrogens (primary N) is 1. The van der Waals surface area contributed by atoms with Crippen molar-refractivity contribution in [2.75, 3.05) is 5.73 Å². The molecule has 0 saturated carbocycles. The summed E-state index contributed by atoms with van der Waals surface area (Å²) >= 11 is 2.83. The third-order valence-corrected chi connectivity index (χ3v) is 4.08. The van der Waals surface area contributed by atoms with Gasteiger partial charge in [-0.3, -0.25) is 0 Å². The maximum Gasteiger partial charge on any atom is 0.181 e. The van der Waals surface area contributed by atoms with Crippen molar-refractivity contribution in [3.05, 3.63) is 41.7 Å². The Morgan fingerprint density at radius 2 is 2.17 bits per heavy atom. The van der Waals surface area contributed by atoms with Crippen LogP contribution in [0.15, 0.2) is 35.8 Å². The highest BCUT2D eigenvalue weighted by Crippen LogP contribution is 2.38. The second-order valence-electron chi connectivity index (χ2n) is 3.58. The van der Waals surface area contributed by atoms with Crippen LogP contribution in [0.3, 0.4) is 0 Å². The van der Waals surface area contributed by atoms with E-state index >= 15 is 0 Å². The topological polar surface area (TPSA) is 51.8 Å². The average Bonchev–Trinajstić information content (AvgIpc) is 2.97. The van der Waals surface area contributed by atoms with Crippen LogP contribution in [0.5, 0.6) is 0 Å². The van der Waals surface area contributed by atoms with Gasteiger partial charge in [0.1, 0.15) is 16.5 Å². The summed E-state index contributed by atoms with van der Waals surface area (Å²) in [5.74, 6) is -0.274. The summed E-state index contributed by atoms with van der Waals surface area (Å²) in [6, 6.07) is 6.40. The zero-order chi connectivity index (χ0) is 12.5. The third kappa shape index (κ3) is 2.00. The first kappa shape index (κ1) is 11.3. The predicted molar refractivity (Wildman–Crippen MR) is 73.0 cm³/mol. The summed E-state index contributed by atoms with van der Waals surface area (Å²) in [5.41, 5.74) is 7.24. The lowest BCUT2D eigenvalue weighted by Gasteiger charge is -1.99. The van der Waals surface area contributed by atoms with Gasteiger partial charge in [-0.15, -0.1) is 11.3 Å². The van der Waals surface area contributed by atoms with Crippen molar-refractivity contribution >= 4 is 27.8 Å². The van der Waals surface area contributed by atoms with E-state index in [1.165, 1.54) is 34.8 Å². The van der Waals surface area contributed by atoms with Crippen LogP contribution in [0.4, 0.5) is 9.52 Å². The van der Waals surface area contributed by atoms with Crippen molar-refractivity contribution in [2.24, 2.45) is 0 Å². The number of rotatable bonds is 2. The van der Waals surface area contributed by atoms with E-state index in [9.17, 15) is 4.39 Å². The summed E-state index contributed by atoms with van der Waals surface area (Å²) < 4.78 is 13.3. The van der Waals surface area contributed by atoms with Crippen molar-refractivity contribution in [2.45, 2.75) is 0 Å². The Kier molecular flexibility index (Phi) is 2.81. The molecule has 0 spiro atoms. The first-order valence-electron chi connectivity index (χ1n) is 5.16. The second-order valence-corrected chi connectivity index (χ2v) is 5.50. The Bertz CT molecular complexity index is 676. The van der Waals surface area contributed by atoms with Gasteiger partial charge in [0.25, 0.3) is 0 Å². The molecule has 0 aliphatic carbocycles. The number of thiazole rings is 2. The lowest BCUT2D eigenvalue weighted by molar-refractivity contribution is 0.628. The fourth-order valence-corrected chi connectivity index (χ4v) is 3.17. The Morgan fingerprint density at radius 3 is 2.89 bits per heavy atom. The molecule has 0 fully saturated rings. The minimum absolute atomic E-state index is 0.274. The zero-order valence-corrected chi connectivity index (χ0v) is 10.8. The number of halogens is 1. The molecule has 3 nitrogen and oxygen atoms in total. The minimum atomic E-state index is -0.274. The molecule has 2 N–H and O–H groups in total. The maximum absolute atomic E-state index is 13.3. The number of hydrogen-bond acceptors (Lipinski definition) is 5. The monoisotopic (exact) mass is 277 g/mol. The highest BCUT2D eigenvalue weighted by Gasteiger charge is 2.15. The molecule has 0 saturated heterocycles. The van der Waals surface area contributed by atoms with Crippen LogP contribution < -0.4 is 5.73 Å². The van der Waals surface area contributed by atoms with Crippen molar-refractivity contribution in [1.29, 1.82) is 0 Å². The summed E-state index contributed by atoms with van der Waals surface area (Å²) in [7, 11) is 0. The molecule has 2 aromatic heterocycles. The lowest BCUT2D eigenvalue weighted by Crippen LogP contribution is -1.83. The molecule has 0 aliphatic heterocycles. The molecule has 0 amide bonds. The quantitative estimate of drug-likeness (QED) is 0.777. The normalized spacial score (nSPS) is 10.7. The van der Waals surface area contributed by atoms with Crippen molar-refractivity contribution in [3.8, 4) is 21.1 Å². The maximum atomic E-state index is 13.3. The van der Waals surface area contributed by atoms with Crippen molar-refractivity contribution in [1.82, 2.24) is 9.97 Å². The van der Waals surface area contributed by atoms with Crippen molar-refractivity contribution < 1.29 is 4.39 Å². The van der Waals surface area contributed by atoms with Gasteiger partial charge in [-0.25, -0.2) is 14.4 Å². The molecule has 3 aromatic rings. The van der Waals surface area contributed by atoms with E-state index in [2.05, 4.69) is 9.97 Å². The summed E-state index contributed by atoms with van der Waals surface area (Å²) in [5, 5.41) is 3.13. The summed E-state index contributed by atoms with van der Waals surface area (Å²) in [6.07, 6.45) is 1.71. The molecular formula is C12H8FN3S2. The summed E-state index contributed by atoms with van der Waals surface area (Å²) in [4.78, 5) is 9.35. The molecule has 6 heteroatoms. The molecule has 0 aliphatic rings. The Balaban J connectivity index is 2.18. The second kappa shape index (κ2) is 4.47. The molecule has 3 rings (SSSR count). The van der Waals surface area contributed by atoms with Gasteiger partial charge in [-0.1, -0.05) is 23.5 Å². The van der Waals surface area contributed by atoms with Gasteiger partial charge in [0.15, 0.2) is 5.13 Å². The zero-order valence-electron chi connectivity index (χ0n) is 9.13. The first-order chi connectivity index (χ1) is 8.74. The van der Waals surface area contributed by atoms with E-state index in [1.54, 1.807) is 12.3 Å². The van der Waals surface area contributed by atoms with E-state index in [0.717, 1.165) is 21.1 Å². The van der Waals surface area contributed by atoms with Crippen LogP contribution in [-0.2, 0) is 0 Å². The van der Waals surface area contributed by atoms with Crippen LogP contribution >= 0.6 is 22.7 Å². The van der Waals surface area contributed by atoms with Gasteiger partial charge in [-0.05, 0) is 17.7 Å². The molecular weight excluding hydrogens is 269 g/mol. The summed E-state index contributed by atoms with van der Waals surface area (Å²) in [6.45, 7) is 0. The number of benzene rings is 1. The average molecular weight is 277 g/mol. The molecule has 0 unspecified atom stereocenters. The van der Waals surface area contributed by atoms with E-state index in [1.807, 2.05) is 11.4 Å². The molecule has 0 atom stereocenters. The number of aromatic nitrogens is 2. The number of nitrogen functional groups attached to an aromatic ring is 1. The smallest absolute Gasteiger partial charge is 0.181 e. The van der Waals surface area contributed by atoms with Crippen molar-refractivity contribution in [3.63, 3.8) is 0 Å². The molecule has 0 bridgehead atoms. The number of nitrogens with zero attached hydrogens (tertiary/aromatic N) is 2. The molecule has 90 valence electrons. The highest BCUT2D eigenvalue weighted by molar-refractivity contribution is 7.20. The van der Waals surface area contributed by atoms with E-state index < -0.39 is 0 Å². The molecule has 2 heterocycles. The Morgan fingerprint density at radius 1 is 1.28 bits per heavy atom. The van der Waals surface area contributed by atoms with Crippen LogP contribution in [0.2, 0.25) is 0 Å². The predicted octanol–water partition coefficient (Wildman–Crippen LogP) is 3.65. The SMILES string of the molecule is Nc1nc(-c2nccs2)c(-c2cccc(F)c2)s1. The largest absolute Gasteiger partial charge is 0.375 e. The van der Waals surface area contributed by atoms with Crippen LogP contribution in [-0.4, -0.2) is 9.97 Å². The fraction of sp³-hybridized carbons (Fsp3) is 0. The van der Waals surface area contributed by atoms with E-state index in [0.29, 0.717) is 5.13 Å². The van der Waals surface area contributed by atoms with Gasteiger partial charge in [0.05, 0.1) is 4.88 Å². The minimum Gasteiger partial charge on any atom is -0.375 e.